The summed E-state index contributed by atoms with van der Waals surface area (Å²) in [5.74, 6) is 0.907. The zero-order chi connectivity index (χ0) is 14.5. The Balaban J connectivity index is 2.30. The van der Waals surface area contributed by atoms with Crippen molar-refractivity contribution < 1.29 is 9.94 Å². The fourth-order valence-electron chi connectivity index (χ4n) is 1.62. The second-order valence-electron chi connectivity index (χ2n) is 3.88. The molecule has 0 bridgehead atoms. The summed E-state index contributed by atoms with van der Waals surface area (Å²) < 4.78 is 6.20. The molecule has 0 aromatic heterocycles. The molecular formula is C14H13BrN2O2S. The van der Waals surface area contributed by atoms with Crippen molar-refractivity contribution in [1.29, 1.82) is 0 Å². The summed E-state index contributed by atoms with van der Waals surface area (Å²) in [6.07, 6.45) is 0. The van der Waals surface area contributed by atoms with Crippen LogP contribution in [-0.4, -0.2) is 18.2 Å². The molecule has 0 fully saturated rings. The molecule has 3 N–H and O–H groups in total. The van der Waals surface area contributed by atoms with Crippen LogP contribution in [0.25, 0.3) is 0 Å². The lowest BCUT2D eigenvalue weighted by molar-refractivity contribution is 0.318. The zero-order valence-electron chi connectivity index (χ0n) is 10.7. The molecule has 0 saturated heterocycles. The monoisotopic (exact) mass is 352 g/mol. The Morgan fingerprint density at radius 1 is 1.25 bits per heavy atom. The van der Waals surface area contributed by atoms with E-state index in [0.717, 1.165) is 20.0 Å². The Bertz CT molecular complexity index is 647. The van der Waals surface area contributed by atoms with Gasteiger partial charge in [0.2, 0.25) is 0 Å². The molecule has 0 aliphatic rings. The number of hydrogen-bond acceptors (Lipinski definition) is 4. The van der Waals surface area contributed by atoms with E-state index in [1.165, 1.54) is 0 Å². The molecule has 0 saturated carbocycles. The van der Waals surface area contributed by atoms with Gasteiger partial charge in [0.15, 0.2) is 5.84 Å². The number of nitrogens with two attached hydrogens (primary N) is 1. The van der Waals surface area contributed by atoms with Gasteiger partial charge in [-0.05, 0) is 46.3 Å². The highest BCUT2D eigenvalue weighted by Gasteiger charge is 2.09. The minimum absolute atomic E-state index is 0.0829. The summed E-state index contributed by atoms with van der Waals surface area (Å²) in [4.78, 5) is 2.04. The quantitative estimate of drug-likeness (QED) is 0.381. The number of rotatable bonds is 4. The van der Waals surface area contributed by atoms with Crippen LogP contribution >= 0.6 is 27.7 Å². The maximum atomic E-state index is 8.68. The summed E-state index contributed by atoms with van der Waals surface area (Å²) in [6.45, 7) is 0. The summed E-state index contributed by atoms with van der Waals surface area (Å²) >= 11 is 5.07. The first kappa shape index (κ1) is 14.7. The smallest absolute Gasteiger partial charge is 0.170 e. The molecule has 2 rings (SSSR count). The maximum Gasteiger partial charge on any atom is 0.170 e. The first-order valence-corrected chi connectivity index (χ1v) is 7.35. The van der Waals surface area contributed by atoms with Gasteiger partial charge >= 0.3 is 0 Å². The molecule has 2 aromatic rings. The standard InChI is InChI=1S/C14H13BrN2O2S/c1-19-11-4-2-3-5-13(11)20-12-7-6-9(8-10(12)15)14(16)17-18/h2-8,18H,1H3,(H2,16,17). The summed E-state index contributed by atoms with van der Waals surface area (Å²) in [6, 6.07) is 13.3. The Morgan fingerprint density at radius 3 is 2.65 bits per heavy atom. The topological polar surface area (TPSA) is 67.8 Å². The summed E-state index contributed by atoms with van der Waals surface area (Å²) in [5.41, 5.74) is 6.22. The van der Waals surface area contributed by atoms with Crippen molar-refractivity contribution in [3.8, 4) is 5.75 Å². The third-order valence-electron chi connectivity index (χ3n) is 2.62. The molecule has 0 amide bonds. The van der Waals surface area contributed by atoms with Gasteiger partial charge < -0.3 is 15.7 Å². The molecule has 0 radical (unpaired) electrons. The number of nitrogens with zero attached hydrogens (tertiary/aromatic N) is 1. The van der Waals surface area contributed by atoms with E-state index >= 15 is 0 Å². The van der Waals surface area contributed by atoms with Gasteiger partial charge in [0.1, 0.15) is 5.75 Å². The van der Waals surface area contributed by atoms with Gasteiger partial charge in [0, 0.05) is 14.9 Å². The number of ether oxygens (including phenoxy) is 1. The number of benzene rings is 2. The fourth-order valence-corrected chi connectivity index (χ4v) is 3.17. The third kappa shape index (κ3) is 3.26. The SMILES string of the molecule is COc1ccccc1Sc1ccc(/C(N)=N/O)cc1Br. The van der Waals surface area contributed by atoms with E-state index < -0.39 is 0 Å². The predicted octanol–water partition coefficient (Wildman–Crippen LogP) is 3.70. The molecule has 4 nitrogen and oxygen atoms in total. The van der Waals surface area contributed by atoms with Crippen LogP contribution in [0.2, 0.25) is 0 Å². The first-order valence-electron chi connectivity index (χ1n) is 5.74. The van der Waals surface area contributed by atoms with Crippen molar-refractivity contribution in [3.63, 3.8) is 0 Å². The average Bonchev–Trinajstić information content (AvgIpc) is 2.49. The van der Waals surface area contributed by atoms with E-state index in [4.69, 9.17) is 15.7 Å². The van der Waals surface area contributed by atoms with Gasteiger partial charge in [-0.15, -0.1) is 0 Å². The van der Waals surface area contributed by atoms with E-state index in [1.807, 2.05) is 36.4 Å². The van der Waals surface area contributed by atoms with Crippen LogP contribution in [0.15, 0.2) is 61.9 Å². The van der Waals surface area contributed by atoms with E-state index in [0.29, 0.717) is 5.56 Å². The van der Waals surface area contributed by atoms with Gasteiger partial charge in [-0.3, -0.25) is 0 Å². The van der Waals surface area contributed by atoms with Gasteiger partial charge in [0.25, 0.3) is 0 Å². The van der Waals surface area contributed by atoms with Crippen molar-refractivity contribution in [3.05, 3.63) is 52.5 Å². The van der Waals surface area contributed by atoms with Crippen molar-refractivity contribution in [1.82, 2.24) is 0 Å². The van der Waals surface area contributed by atoms with Crippen LogP contribution in [0.3, 0.4) is 0 Å². The highest BCUT2D eigenvalue weighted by molar-refractivity contribution is 9.10. The van der Waals surface area contributed by atoms with E-state index in [-0.39, 0.29) is 5.84 Å². The molecule has 6 heteroatoms. The average molecular weight is 353 g/mol. The molecule has 20 heavy (non-hydrogen) atoms. The van der Waals surface area contributed by atoms with E-state index in [2.05, 4.69) is 21.1 Å². The van der Waals surface area contributed by atoms with E-state index in [1.54, 1.807) is 24.9 Å². The number of amidine groups is 1. The largest absolute Gasteiger partial charge is 0.496 e. The molecule has 104 valence electrons. The van der Waals surface area contributed by atoms with Crippen molar-refractivity contribution in [2.24, 2.45) is 10.9 Å². The van der Waals surface area contributed by atoms with Gasteiger partial charge in [-0.2, -0.15) is 0 Å². The Hall–Kier alpha value is -1.66. The number of oxime groups is 1. The van der Waals surface area contributed by atoms with Crippen LogP contribution < -0.4 is 10.5 Å². The lowest BCUT2D eigenvalue weighted by atomic mass is 10.2. The maximum absolute atomic E-state index is 8.68. The van der Waals surface area contributed by atoms with Crippen molar-refractivity contribution >= 4 is 33.5 Å². The van der Waals surface area contributed by atoms with Crippen molar-refractivity contribution in [2.45, 2.75) is 9.79 Å². The molecule has 0 aliphatic heterocycles. The molecule has 0 atom stereocenters. The van der Waals surface area contributed by atoms with Gasteiger partial charge in [-0.1, -0.05) is 29.1 Å². The second kappa shape index (κ2) is 6.67. The predicted molar refractivity (Wildman–Crippen MR) is 83.8 cm³/mol. The number of methoxy groups -OCH3 is 1. The third-order valence-corrected chi connectivity index (χ3v) is 4.68. The van der Waals surface area contributed by atoms with Crippen LogP contribution in [0.4, 0.5) is 0 Å². The van der Waals surface area contributed by atoms with Crippen LogP contribution in [-0.2, 0) is 0 Å². The second-order valence-corrected chi connectivity index (χ2v) is 5.82. The normalized spacial score (nSPS) is 11.4. The molecule has 2 aromatic carbocycles. The van der Waals surface area contributed by atoms with Crippen LogP contribution in [0.1, 0.15) is 5.56 Å². The van der Waals surface area contributed by atoms with Gasteiger partial charge in [-0.25, -0.2) is 0 Å². The zero-order valence-corrected chi connectivity index (χ0v) is 13.1. The number of hydrogen-bond donors (Lipinski definition) is 2. The molecule has 0 aliphatic carbocycles. The molecule has 0 spiro atoms. The van der Waals surface area contributed by atoms with E-state index in [9.17, 15) is 0 Å². The summed E-state index contributed by atoms with van der Waals surface area (Å²) in [5, 5.41) is 11.7. The van der Waals surface area contributed by atoms with Crippen molar-refractivity contribution in [2.75, 3.05) is 7.11 Å². The number of para-hydroxylation sites is 1. The lowest BCUT2D eigenvalue weighted by Crippen LogP contribution is -2.12. The highest BCUT2D eigenvalue weighted by Crippen LogP contribution is 2.38. The molecule has 0 heterocycles. The van der Waals surface area contributed by atoms with Gasteiger partial charge in [0.05, 0.1) is 12.0 Å². The fraction of sp³-hybridized carbons (Fsp3) is 0.0714. The first-order chi connectivity index (χ1) is 9.65. The summed E-state index contributed by atoms with van der Waals surface area (Å²) in [7, 11) is 1.65. The highest BCUT2D eigenvalue weighted by atomic mass is 79.9. The Labute approximate surface area is 129 Å². The molecule has 0 unspecified atom stereocenters. The van der Waals surface area contributed by atoms with Crippen LogP contribution in [0, 0.1) is 0 Å². The Morgan fingerprint density at radius 2 is 2.00 bits per heavy atom. The number of halogens is 1. The van der Waals surface area contributed by atoms with Crippen LogP contribution in [0.5, 0.6) is 5.75 Å². The Kier molecular flexibility index (Phi) is 4.92. The minimum atomic E-state index is 0.0829. The lowest BCUT2D eigenvalue weighted by Gasteiger charge is -2.09. The minimum Gasteiger partial charge on any atom is -0.496 e. The molecular weight excluding hydrogens is 340 g/mol.